The van der Waals surface area contributed by atoms with Crippen LogP contribution in [0.2, 0.25) is 0 Å². The summed E-state index contributed by atoms with van der Waals surface area (Å²) < 4.78 is 9.73. The summed E-state index contributed by atoms with van der Waals surface area (Å²) in [7, 11) is 2.79. The number of amides is 2. The molecule has 0 N–H and O–H groups in total. The fourth-order valence-corrected chi connectivity index (χ4v) is 3.07. The Bertz CT molecular complexity index is 698. The van der Waals surface area contributed by atoms with Crippen molar-refractivity contribution in [2.45, 2.75) is 19.9 Å². The quantitative estimate of drug-likeness (QED) is 0.622. The molecule has 1 aromatic rings. The smallest absolute Gasteiger partial charge is 0.328 e. The largest absolute Gasteiger partial charge is 0.497 e. The predicted octanol–water partition coefficient (Wildman–Crippen LogP) is 2.60. The van der Waals surface area contributed by atoms with Gasteiger partial charge in [-0.1, -0.05) is 6.07 Å². The molecule has 23 heavy (non-hydrogen) atoms. The van der Waals surface area contributed by atoms with Gasteiger partial charge in [-0.25, -0.2) is 4.79 Å². The molecule has 0 saturated carbocycles. The second-order valence-electron chi connectivity index (χ2n) is 4.97. The van der Waals surface area contributed by atoms with Crippen LogP contribution in [-0.4, -0.2) is 42.3 Å². The number of carbonyl (C=O) groups is 3. The third-order valence-corrected chi connectivity index (χ3v) is 4.40. The number of esters is 1. The van der Waals surface area contributed by atoms with Crippen LogP contribution < -0.4 is 4.74 Å². The topological polar surface area (TPSA) is 72.9 Å². The molecule has 0 unspecified atom stereocenters. The molecule has 1 atom stereocenters. The van der Waals surface area contributed by atoms with E-state index in [4.69, 9.17) is 4.74 Å². The summed E-state index contributed by atoms with van der Waals surface area (Å²) in [6.45, 7) is 3.35. The van der Waals surface area contributed by atoms with Crippen molar-refractivity contribution in [1.29, 1.82) is 0 Å². The molecule has 1 aliphatic heterocycles. The molecular formula is C16H17NO5S. The fourth-order valence-electron chi connectivity index (χ4n) is 2.17. The molecule has 0 spiro atoms. The summed E-state index contributed by atoms with van der Waals surface area (Å²) in [5.41, 5.74) is 1.72. The van der Waals surface area contributed by atoms with E-state index in [0.29, 0.717) is 5.75 Å². The number of ether oxygens (including phenoxy) is 2. The third kappa shape index (κ3) is 3.39. The van der Waals surface area contributed by atoms with Gasteiger partial charge >= 0.3 is 5.97 Å². The highest BCUT2D eigenvalue weighted by Crippen LogP contribution is 2.34. The summed E-state index contributed by atoms with van der Waals surface area (Å²) >= 11 is 0.811. The van der Waals surface area contributed by atoms with Gasteiger partial charge in [-0.2, -0.15) is 0 Å². The summed E-state index contributed by atoms with van der Waals surface area (Å²) in [5, 5.41) is -0.481. The monoisotopic (exact) mass is 335 g/mol. The Kier molecular flexibility index (Phi) is 5.10. The lowest BCUT2D eigenvalue weighted by Crippen LogP contribution is -2.42. The van der Waals surface area contributed by atoms with Crippen LogP contribution in [0.4, 0.5) is 4.79 Å². The zero-order valence-electron chi connectivity index (χ0n) is 13.3. The summed E-state index contributed by atoms with van der Waals surface area (Å²) in [4.78, 5) is 37.2. The summed E-state index contributed by atoms with van der Waals surface area (Å²) in [6, 6.07) is 4.48. The van der Waals surface area contributed by atoms with Gasteiger partial charge in [0.25, 0.3) is 11.1 Å². The van der Waals surface area contributed by atoms with Gasteiger partial charge in [0.05, 0.1) is 19.1 Å². The van der Waals surface area contributed by atoms with Crippen molar-refractivity contribution in [3.63, 3.8) is 0 Å². The van der Waals surface area contributed by atoms with E-state index < -0.39 is 23.2 Å². The van der Waals surface area contributed by atoms with Crippen LogP contribution in [0.3, 0.4) is 0 Å². The molecule has 7 heteroatoms. The minimum absolute atomic E-state index is 0.277. The minimum atomic E-state index is -0.949. The Morgan fingerprint density at radius 1 is 1.30 bits per heavy atom. The molecule has 6 nitrogen and oxygen atoms in total. The molecule has 0 radical (unpaired) electrons. The van der Waals surface area contributed by atoms with E-state index in [1.165, 1.54) is 14.0 Å². The van der Waals surface area contributed by atoms with Crippen molar-refractivity contribution in [3.8, 4) is 5.75 Å². The number of imide groups is 1. The first-order valence-corrected chi connectivity index (χ1v) is 7.70. The highest BCUT2D eigenvalue weighted by atomic mass is 32.2. The number of rotatable bonds is 4. The fraction of sp³-hybridized carbons (Fsp3) is 0.312. The van der Waals surface area contributed by atoms with Crippen LogP contribution in [0, 0.1) is 6.92 Å². The number of hydrogen-bond acceptors (Lipinski definition) is 6. The molecule has 1 heterocycles. The highest BCUT2D eigenvalue weighted by molar-refractivity contribution is 8.18. The number of hydrogen-bond donors (Lipinski definition) is 0. The lowest BCUT2D eigenvalue weighted by Gasteiger charge is -2.18. The Hall–Kier alpha value is -2.28. The van der Waals surface area contributed by atoms with Gasteiger partial charge in [-0.15, -0.1) is 0 Å². The van der Waals surface area contributed by atoms with E-state index in [-0.39, 0.29) is 4.91 Å². The average Bonchev–Trinajstić information content (AvgIpc) is 2.81. The zero-order valence-corrected chi connectivity index (χ0v) is 14.1. The molecule has 2 amide bonds. The third-order valence-electron chi connectivity index (χ3n) is 3.52. The summed E-state index contributed by atoms with van der Waals surface area (Å²) in [6.07, 6.45) is 1.64. The first-order chi connectivity index (χ1) is 10.9. The van der Waals surface area contributed by atoms with E-state index >= 15 is 0 Å². The molecule has 0 bridgehead atoms. The Morgan fingerprint density at radius 3 is 2.57 bits per heavy atom. The number of benzene rings is 1. The van der Waals surface area contributed by atoms with E-state index in [0.717, 1.165) is 27.8 Å². The standard InChI is InChI=1S/C16H17NO5S/c1-9-7-12(21-3)6-5-11(9)8-13-14(18)17(16(20)23-13)10(2)15(19)22-4/h5-8,10H,1-4H3/b13-8+/t10-/m0/s1. The SMILES string of the molecule is COC(=O)[C@H](C)N1C(=O)S/C(=C/c2ccc(OC)cc2C)C1=O. The minimum Gasteiger partial charge on any atom is -0.497 e. The van der Waals surface area contributed by atoms with Crippen LogP contribution >= 0.6 is 11.8 Å². The van der Waals surface area contributed by atoms with Gasteiger partial charge in [0.2, 0.25) is 0 Å². The number of aryl methyl sites for hydroxylation is 1. The molecule has 1 saturated heterocycles. The van der Waals surface area contributed by atoms with Gasteiger partial charge in [-0.05, 0) is 54.9 Å². The average molecular weight is 335 g/mol. The van der Waals surface area contributed by atoms with Crippen molar-refractivity contribution < 1.29 is 23.9 Å². The molecular weight excluding hydrogens is 318 g/mol. The number of carbonyl (C=O) groups excluding carboxylic acids is 3. The summed E-state index contributed by atoms with van der Waals surface area (Å²) in [5.74, 6) is -0.408. The number of methoxy groups -OCH3 is 2. The van der Waals surface area contributed by atoms with Crippen molar-refractivity contribution in [3.05, 3.63) is 34.2 Å². The van der Waals surface area contributed by atoms with Crippen molar-refractivity contribution in [2.24, 2.45) is 0 Å². The first kappa shape index (κ1) is 17.1. The van der Waals surface area contributed by atoms with Crippen LogP contribution in [-0.2, 0) is 14.3 Å². The Labute approximate surface area is 138 Å². The van der Waals surface area contributed by atoms with E-state index in [1.807, 2.05) is 19.1 Å². The normalized spacial score (nSPS) is 17.6. The second-order valence-corrected chi connectivity index (χ2v) is 5.97. The highest BCUT2D eigenvalue weighted by Gasteiger charge is 2.41. The molecule has 1 aromatic carbocycles. The van der Waals surface area contributed by atoms with Gasteiger partial charge in [0, 0.05) is 0 Å². The molecule has 2 rings (SSSR count). The Morgan fingerprint density at radius 2 is 2.00 bits per heavy atom. The molecule has 1 fully saturated rings. The van der Waals surface area contributed by atoms with Gasteiger partial charge < -0.3 is 9.47 Å². The predicted molar refractivity (Wildman–Crippen MR) is 87.0 cm³/mol. The maximum absolute atomic E-state index is 12.4. The molecule has 0 aromatic heterocycles. The first-order valence-electron chi connectivity index (χ1n) is 6.88. The maximum atomic E-state index is 12.4. The zero-order chi connectivity index (χ0) is 17.1. The van der Waals surface area contributed by atoms with Gasteiger partial charge in [0.1, 0.15) is 11.8 Å². The number of nitrogens with zero attached hydrogens (tertiary/aromatic N) is 1. The van der Waals surface area contributed by atoms with Crippen LogP contribution in [0.1, 0.15) is 18.1 Å². The maximum Gasteiger partial charge on any atom is 0.328 e. The van der Waals surface area contributed by atoms with Crippen LogP contribution in [0.25, 0.3) is 6.08 Å². The molecule has 122 valence electrons. The molecule has 0 aliphatic carbocycles. The Balaban J connectivity index is 2.30. The molecule has 1 aliphatic rings. The number of thioether (sulfide) groups is 1. The van der Waals surface area contributed by atoms with Crippen molar-refractivity contribution >= 4 is 35.0 Å². The van der Waals surface area contributed by atoms with Gasteiger partial charge in [0.15, 0.2) is 0 Å². The van der Waals surface area contributed by atoms with Crippen LogP contribution in [0.15, 0.2) is 23.1 Å². The van der Waals surface area contributed by atoms with Gasteiger partial charge in [-0.3, -0.25) is 14.5 Å². The lowest BCUT2D eigenvalue weighted by atomic mass is 10.1. The second kappa shape index (κ2) is 6.87. The van der Waals surface area contributed by atoms with Crippen LogP contribution in [0.5, 0.6) is 5.75 Å². The van der Waals surface area contributed by atoms with E-state index in [2.05, 4.69) is 4.74 Å². The lowest BCUT2D eigenvalue weighted by molar-refractivity contribution is -0.148. The van der Waals surface area contributed by atoms with Crippen molar-refractivity contribution in [2.75, 3.05) is 14.2 Å². The van der Waals surface area contributed by atoms with E-state index in [1.54, 1.807) is 19.3 Å². The van der Waals surface area contributed by atoms with Crippen molar-refractivity contribution in [1.82, 2.24) is 4.90 Å². The van der Waals surface area contributed by atoms with E-state index in [9.17, 15) is 14.4 Å².